The highest BCUT2D eigenvalue weighted by Crippen LogP contribution is 2.34. The smallest absolute Gasteiger partial charge is 0.0670 e. The quantitative estimate of drug-likeness (QED) is 0.737. The molecule has 1 fully saturated rings. The molecule has 0 aliphatic heterocycles. The average Bonchev–Trinajstić information content (AvgIpc) is 2.56. The molecule has 2 rings (SSSR count). The predicted molar refractivity (Wildman–Crippen MR) is 56.9 cm³/mol. The predicted octanol–water partition coefficient (Wildman–Crippen LogP) is 1.65. The van der Waals surface area contributed by atoms with Gasteiger partial charge in [0, 0.05) is 25.2 Å². The van der Waals surface area contributed by atoms with Crippen LogP contribution in [0.2, 0.25) is 0 Å². The molecule has 0 bridgehead atoms. The number of nitrogens with two attached hydrogens (primary N) is 1. The Bertz CT molecular complexity index is 305. The third-order valence-electron chi connectivity index (χ3n) is 3.28. The Morgan fingerprint density at radius 3 is 2.93 bits per heavy atom. The van der Waals surface area contributed by atoms with E-state index in [4.69, 9.17) is 5.73 Å². The summed E-state index contributed by atoms with van der Waals surface area (Å²) in [5.74, 6) is 1.27. The van der Waals surface area contributed by atoms with Crippen LogP contribution in [0.5, 0.6) is 0 Å². The van der Waals surface area contributed by atoms with Crippen molar-refractivity contribution in [2.45, 2.75) is 38.1 Å². The van der Waals surface area contributed by atoms with Crippen molar-refractivity contribution in [1.82, 2.24) is 9.78 Å². The Kier molecular flexibility index (Phi) is 2.59. The first-order chi connectivity index (χ1) is 6.66. The van der Waals surface area contributed by atoms with Gasteiger partial charge in [-0.3, -0.25) is 4.68 Å². The van der Waals surface area contributed by atoms with Gasteiger partial charge in [0.25, 0.3) is 0 Å². The fraction of sp³-hybridized carbons (Fsp3) is 0.727. The highest BCUT2D eigenvalue weighted by atomic mass is 15.2. The Balaban J connectivity index is 2.15. The van der Waals surface area contributed by atoms with Crippen LogP contribution in [0.1, 0.15) is 37.8 Å². The van der Waals surface area contributed by atoms with Crippen LogP contribution in [0, 0.1) is 5.92 Å². The number of aryl methyl sites for hydroxylation is 1. The van der Waals surface area contributed by atoms with Gasteiger partial charge in [0.2, 0.25) is 0 Å². The van der Waals surface area contributed by atoms with Gasteiger partial charge in [-0.25, -0.2) is 0 Å². The Hall–Kier alpha value is -0.830. The van der Waals surface area contributed by atoms with Crippen molar-refractivity contribution in [3.05, 3.63) is 18.0 Å². The molecule has 1 aliphatic rings. The summed E-state index contributed by atoms with van der Waals surface area (Å²) in [6.45, 7) is 2.31. The standard InChI is InChI=1S/C11H19N3/c1-8-3-4-10(12)9(7-8)11-5-6-14(2)13-11/h5-6,8-10H,3-4,7,12H2,1-2H3. The molecule has 1 saturated carbocycles. The molecule has 0 saturated heterocycles. The van der Waals surface area contributed by atoms with Crippen LogP contribution < -0.4 is 5.73 Å². The fourth-order valence-corrected chi connectivity index (χ4v) is 2.38. The third kappa shape index (κ3) is 1.82. The van der Waals surface area contributed by atoms with Crippen LogP contribution >= 0.6 is 0 Å². The molecule has 1 aromatic heterocycles. The fourth-order valence-electron chi connectivity index (χ4n) is 2.38. The van der Waals surface area contributed by atoms with Gasteiger partial charge in [0.15, 0.2) is 0 Å². The Labute approximate surface area is 85.3 Å². The molecule has 0 aromatic carbocycles. The average molecular weight is 193 g/mol. The third-order valence-corrected chi connectivity index (χ3v) is 3.28. The lowest BCUT2D eigenvalue weighted by Gasteiger charge is -2.31. The Morgan fingerprint density at radius 1 is 1.50 bits per heavy atom. The summed E-state index contributed by atoms with van der Waals surface area (Å²) >= 11 is 0. The van der Waals surface area contributed by atoms with E-state index in [1.165, 1.54) is 18.5 Å². The molecule has 0 spiro atoms. The van der Waals surface area contributed by atoms with E-state index in [0.717, 1.165) is 12.3 Å². The minimum absolute atomic E-state index is 0.307. The van der Waals surface area contributed by atoms with Crippen LogP contribution in [0.15, 0.2) is 12.3 Å². The Morgan fingerprint density at radius 2 is 2.29 bits per heavy atom. The van der Waals surface area contributed by atoms with Crippen molar-refractivity contribution in [3.8, 4) is 0 Å². The second-order valence-electron chi connectivity index (χ2n) is 4.60. The van der Waals surface area contributed by atoms with Crippen molar-refractivity contribution in [2.24, 2.45) is 18.7 Å². The SMILES string of the molecule is CC1CCC(N)C(c2ccn(C)n2)C1. The van der Waals surface area contributed by atoms with Crippen LogP contribution in [0.25, 0.3) is 0 Å². The molecule has 0 radical (unpaired) electrons. The molecule has 3 atom stereocenters. The van der Waals surface area contributed by atoms with Gasteiger partial charge >= 0.3 is 0 Å². The van der Waals surface area contributed by atoms with Crippen molar-refractivity contribution in [3.63, 3.8) is 0 Å². The maximum atomic E-state index is 6.13. The first kappa shape index (κ1) is 9.71. The lowest BCUT2D eigenvalue weighted by Crippen LogP contribution is -2.34. The van der Waals surface area contributed by atoms with E-state index >= 15 is 0 Å². The van der Waals surface area contributed by atoms with Crippen LogP contribution in [-0.2, 0) is 7.05 Å². The number of nitrogens with zero attached hydrogens (tertiary/aromatic N) is 2. The number of hydrogen-bond acceptors (Lipinski definition) is 2. The summed E-state index contributed by atoms with van der Waals surface area (Å²) in [6, 6.07) is 2.41. The summed E-state index contributed by atoms with van der Waals surface area (Å²) < 4.78 is 1.86. The van der Waals surface area contributed by atoms with Crippen molar-refractivity contribution in [1.29, 1.82) is 0 Å². The number of hydrogen-bond donors (Lipinski definition) is 1. The minimum atomic E-state index is 0.307. The van der Waals surface area contributed by atoms with Crippen molar-refractivity contribution in [2.75, 3.05) is 0 Å². The van der Waals surface area contributed by atoms with Crippen LogP contribution in [-0.4, -0.2) is 15.8 Å². The van der Waals surface area contributed by atoms with Gasteiger partial charge in [-0.2, -0.15) is 5.10 Å². The molecule has 78 valence electrons. The van der Waals surface area contributed by atoms with E-state index in [1.54, 1.807) is 0 Å². The van der Waals surface area contributed by atoms with Gasteiger partial charge in [-0.1, -0.05) is 6.92 Å². The van der Waals surface area contributed by atoms with Gasteiger partial charge in [0.05, 0.1) is 5.69 Å². The summed E-state index contributed by atoms with van der Waals surface area (Å²) in [7, 11) is 1.96. The van der Waals surface area contributed by atoms with Gasteiger partial charge in [-0.05, 0) is 31.2 Å². The zero-order valence-corrected chi connectivity index (χ0v) is 8.98. The zero-order valence-electron chi connectivity index (χ0n) is 8.98. The molecule has 14 heavy (non-hydrogen) atoms. The van der Waals surface area contributed by atoms with Gasteiger partial charge in [-0.15, -0.1) is 0 Å². The van der Waals surface area contributed by atoms with E-state index in [0.29, 0.717) is 12.0 Å². The molecule has 0 amide bonds. The topological polar surface area (TPSA) is 43.8 Å². The van der Waals surface area contributed by atoms with E-state index < -0.39 is 0 Å². The largest absolute Gasteiger partial charge is 0.327 e. The summed E-state index contributed by atoms with van der Waals surface area (Å²) in [5.41, 5.74) is 7.31. The van der Waals surface area contributed by atoms with Gasteiger partial charge < -0.3 is 5.73 Å². The molecule has 3 nitrogen and oxygen atoms in total. The monoisotopic (exact) mass is 193 g/mol. The maximum Gasteiger partial charge on any atom is 0.0670 e. The molecule has 3 unspecified atom stereocenters. The van der Waals surface area contributed by atoms with Crippen molar-refractivity contribution < 1.29 is 0 Å². The summed E-state index contributed by atoms with van der Waals surface area (Å²) in [6.07, 6.45) is 5.60. The molecular weight excluding hydrogens is 174 g/mol. The lowest BCUT2D eigenvalue weighted by atomic mass is 9.78. The molecule has 1 aromatic rings. The summed E-state index contributed by atoms with van der Waals surface area (Å²) in [5, 5.41) is 4.46. The molecule has 2 N–H and O–H groups in total. The van der Waals surface area contributed by atoms with E-state index in [2.05, 4.69) is 18.1 Å². The van der Waals surface area contributed by atoms with Crippen molar-refractivity contribution >= 4 is 0 Å². The second kappa shape index (κ2) is 3.73. The lowest BCUT2D eigenvalue weighted by molar-refractivity contribution is 0.301. The highest BCUT2D eigenvalue weighted by molar-refractivity contribution is 5.11. The normalized spacial score (nSPS) is 33.2. The first-order valence-corrected chi connectivity index (χ1v) is 5.42. The van der Waals surface area contributed by atoms with Crippen LogP contribution in [0.4, 0.5) is 0 Å². The van der Waals surface area contributed by atoms with E-state index in [9.17, 15) is 0 Å². The van der Waals surface area contributed by atoms with Crippen LogP contribution in [0.3, 0.4) is 0 Å². The first-order valence-electron chi connectivity index (χ1n) is 5.42. The number of rotatable bonds is 1. The van der Waals surface area contributed by atoms with Gasteiger partial charge in [0.1, 0.15) is 0 Å². The van der Waals surface area contributed by atoms with E-state index in [-0.39, 0.29) is 0 Å². The molecule has 1 heterocycles. The summed E-state index contributed by atoms with van der Waals surface area (Å²) in [4.78, 5) is 0. The molecule has 1 aliphatic carbocycles. The highest BCUT2D eigenvalue weighted by Gasteiger charge is 2.28. The molecular formula is C11H19N3. The van der Waals surface area contributed by atoms with E-state index in [1.807, 2.05) is 17.9 Å². The number of aromatic nitrogens is 2. The zero-order chi connectivity index (χ0) is 10.1. The molecule has 3 heteroatoms. The second-order valence-corrected chi connectivity index (χ2v) is 4.60. The minimum Gasteiger partial charge on any atom is -0.327 e. The maximum absolute atomic E-state index is 6.13.